The molecule has 2 rings (SSSR count). The van der Waals surface area contributed by atoms with Crippen molar-refractivity contribution in [2.45, 2.75) is 13.0 Å². The summed E-state index contributed by atoms with van der Waals surface area (Å²) >= 11 is 0. The third kappa shape index (κ3) is 2.59. The lowest BCUT2D eigenvalue weighted by Gasteiger charge is -2.36. The van der Waals surface area contributed by atoms with Gasteiger partial charge in [-0.2, -0.15) is 0 Å². The highest BCUT2D eigenvalue weighted by atomic mass is 16.7. The molecular weight excluding hydrogens is 206 g/mol. The zero-order chi connectivity index (χ0) is 11.4. The van der Waals surface area contributed by atoms with Crippen LogP contribution in [-0.4, -0.2) is 36.8 Å². The molecule has 0 radical (unpaired) electrons. The first-order valence-electron chi connectivity index (χ1n) is 5.43. The summed E-state index contributed by atoms with van der Waals surface area (Å²) in [6, 6.07) is 8.97. The van der Waals surface area contributed by atoms with Crippen LogP contribution >= 0.6 is 0 Å². The van der Waals surface area contributed by atoms with Gasteiger partial charge in [0, 0.05) is 6.61 Å². The Bertz CT molecular complexity index is 347. The first kappa shape index (κ1) is 11.1. The van der Waals surface area contributed by atoms with Crippen molar-refractivity contribution in [2.75, 3.05) is 19.7 Å². The Labute approximate surface area is 94.7 Å². The lowest BCUT2D eigenvalue weighted by Crippen LogP contribution is -2.52. The normalized spacial score (nSPS) is 16.8. The second-order valence-corrected chi connectivity index (χ2v) is 3.67. The van der Waals surface area contributed by atoms with Gasteiger partial charge in [0.2, 0.25) is 0 Å². The largest absolute Gasteiger partial charge is 0.376 e. The third-order valence-electron chi connectivity index (χ3n) is 2.44. The van der Waals surface area contributed by atoms with E-state index < -0.39 is 0 Å². The molecule has 1 aromatic rings. The fraction of sp³-hybridized carbons (Fsp3) is 0.417. The molecule has 0 aliphatic carbocycles. The van der Waals surface area contributed by atoms with Crippen LogP contribution in [0.4, 0.5) is 0 Å². The highest BCUT2D eigenvalue weighted by molar-refractivity contribution is 5.89. The fourth-order valence-corrected chi connectivity index (χ4v) is 1.56. The van der Waals surface area contributed by atoms with Crippen LogP contribution in [0.5, 0.6) is 0 Å². The van der Waals surface area contributed by atoms with Crippen LogP contribution < -0.4 is 0 Å². The van der Waals surface area contributed by atoms with Crippen molar-refractivity contribution in [2.24, 2.45) is 0 Å². The Kier molecular flexibility index (Phi) is 3.54. The molecule has 1 aliphatic heterocycles. The van der Waals surface area contributed by atoms with Gasteiger partial charge in [-0.05, 0) is 19.1 Å². The summed E-state index contributed by atoms with van der Waals surface area (Å²) in [6.07, 6.45) is 0.202. The standard InChI is InChI=1S/C12H15NO3/c1-2-15-11-8-13(9-11)16-12(14)10-6-4-3-5-7-10/h3-7,11H,2,8-9H2,1H3. The predicted molar refractivity (Wildman–Crippen MR) is 58.8 cm³/mol. The molecule has 16 heavy (non-hydrogen) atoms. The highest BCUT2D eigenvalue weighted by Gasteiger charge is 2.30. The van der Waals surface area contributed by atoms with Gasteiger partial charge in [-0.25, -0.2) is 4.79 Å². The molecule has 1 aliphatic rings. The van der Waals surface area contributed by atoms with Crippen LogP contribution in [0.3, 0.4) is 0 Å². The topological polar surface area (TPSA) is 38.8 Å². The van der Waals surface area contributed by atoms with E-state index in [-0.39, 0.29) is 12.1 Å². The van der Waals surface area contributed by atoms with E-state index in [0.717, 1.165) is 0 Å². The maximum atomic E-state index is 11.6. The van der Waals surface area contributed by atoms with E-state index in [0.29, 0.717) is 25.3 Å². The number of hydrogen-bond acceptors (Lipinski definition) is 4. The first-order chi connectivity index (χ1) is 7.79. The fourth-order valence-electron chi connectivity index (χ4n) is 1.56. The minimum Gasteiger partial charge on any atom is -0.376 e. The number of ether oxygens (including phenoxy) is 1. The maximum Gasteiger partial charge on any atom is 0.357 e. The van der Waals surface area contributed by atoms with Crippen LogP contribution in [0, 0.1) is 0 Å². The monoisotopic (exact) mass is 221 g/mol. The molecule has 0 bridgehead atoms. The molecule has 0 amide bonds. The number of carbonyl (C=O) groups is 1. The van der Waals surface area contributed by atoms with Gasteiger partial charge in [-0.3, -0.25) is 0 Å². The molecule has 1 aromatic carbocycles. The van der Waals surface area contributed by atoms with Gasteiger partial charge in [-0.15, -0.1) is 5.06 Å². The highest BCUT2D eigenvalue weighted by Crippen LogP contribution is 2.13. The number of hydrogen-bond donors (Lipinski definition) is 0. The molecule has 0 spiro atoms. The van der Waals surface area contributed by atoms with Crippen LogP contribution in [0.25, 0.3) is 0 Å². The van der Waals surface area contributed by atoms with Gasteiger partial charge in [0.05, 0.1) is 24.8 Å². The predicted octanol–water partition coefficient (Wildman–Crippen LogP) is 1.48. The van der Waals surface area contributed by atoms with E-state index in [2.05, 4.69) is 0 Å². The first-order valence-corrected chi connectivity index (χ1v) is 5.43. The second kappa shape index (κ2) is 5.09. The molecule has 1 fully saturated rings. The number of benzene rings is 1. The van der Waals surface area contributed by atoms with Crippen molar-refractivity contribution in [3.8, 4) is 0 Å². The van der Waals surface area contributed by atoms with Crippen molar-refractivity contribution in [3.05, 3.63) is 35.9 Å². The Morgan fingerprint density at radius 2 is 2.06 bits per heavy atom. The van der Waals surface area contributed by atoms with Crippen LogP contribution in [0.1, 0.15) is 17.3 Å². The summed E-state index contributed by atoms with van der Waals surface area (Å²) in [5.41, 5.74) is 0.572. The molecule has 1 heterocycles. The number of rotatable bonds is 4. The molecule has 4 nitrogen and oxygen atoms in total. The van der Waals surface area contributed by atoms with E-state index in [9.17, 15) is 4.79 Å². The smallest absolute Gasteiger partial charge is 0.357 e. The zero-order valence-electron chi connectivity index (χ0n) is 9.26. The minimum absolute atomic E-state index is 0.202. The van der Waals surface area contributed by atoms with E-state index in [1.165, 1.54) is 0 Å². The van der Waals surface area contributed by atoms with E-state index in [4.69, 9.17) is 9.57 Å². The summed E-state index contributed by atoms with van der Waals surface area (Å²) in [5, 5.41) is 1.62. The van der Waals surface area contributed by atoms with Crippen molar-refractivity contribution in [1.82, 2.24) is 5.06 Å². The second-order valence-electron chi connectivity index (χ2n) is 3.67. The SMILES string of the molecule is CCOC1CN(OC(=O)c2ccccc2)C1. The quantitative estimate of drug-likeness (QED) is 0.772. The Morgan fingerprint density at radius 3 is 2.69 bits per heavy atom. The molecule has 0 N–H and O–H groups in total. The average Bonchev–Trinajstić information content (AvgIpc) is 2.27. The van der Waals surface area contributed by atoms with Crippen molar-refractivity contribution >= 4 is 5.97 Å². The van der Waals surface area contributed by atoms with Gasteiger partial charge in [0.1, 0.15) is 0 Å². The maximum absolute atomic E-state index is 11.6. The molecular formula is C12H15NO3. The van der Waals surface area contributed by atoms with Crippen LogP contribution in [-0.2, 0) is 9.57 Å². The van der Waals surface area contributed by atoms with Gasteiger partial charge < -0.3 is 9.57 Å². The molecule has 86 valence electrons. The van der Waals surface area contributed by atoms with Gasteiger partial charge in [-0.1, -0.05) is 18.2 Å². The molecule has 0 atom stereocenters. The van der Waals surface area contributed by atoms with Crippen LogP contribution in [0.2, 0.25) is 0 Å². The van der Waals surface area contributed by atoms with Gasteiger partial charge in [0.25, 0.3) is 0 Å². The van der Waals surface area contributed by atoms with E-state index in [1.54, 1.807) is 17.2 Å². The molecule has 0 aromatic heterocycles. The van der Waals surface area contributed by atoms with Gasteiger partial charge >= 0.3 is 5.97 Å². The molecule has 0 unspecified atom stereocenters. The Morgan fingerprint density at radius 1 is 1.38 bits per heavy atom. The minimum atomic E-state index is -0.310. The van der Waals surface area contributed by atoms with Crippen LogP contribution in [0.15, 0.2) is 30.3 Å². The zero-order valence-corrected chi connectivity index (χ0v) is 9.26. The summed E-state index contributed by atoms with van der Waals surface area (Å²) in [4.78, 5) is 16.8. The third-order valence-corrected chi connectivity index (χ3v) is 2.44. The van der Waals surface area contributed by atoms with E-state index in [1.807, 2.05) is 25.1 Å². The summed E-state index contributed by atoms with van der Waals surface area (Å²) < 4.78 is 5.36. The Balaban J connectivity index is 1.78. The lowest BCUT2D eigenvalue weighted by atomic mass is 10.2. The van der Waals surface area contributed by atoms with Crippen molar-refractivity contribution in [1.29, 1.82) is 0 Å². The van der Waals surface area contributed by atoms with Crippen molar-refractivity contribution in [3.63, 3.8) is 0 Å². The summed E-state index contributed by atoms with van der Waals surface area (Å²) in [6.45, 7) is 3.97. The lowest BCUT2D eigenvalue weighted by molar-refractivity contribution is -0.205. The number of hydroxylamine groups is 2. The van der Waals surface area contributed by atoms with E-state index >= 15 is 0 Å². The summed E-state index contributed by atoms with van der Waals surface area (Å²) in [7, 11) is 0. The average molecular weight is 221 g/mol. The molecule has 4 heteroatoms. The molecule has 1 saturated heterocycles. The number of carbonyl (C=O) groups excluding carboxylic acids is 1. The van der Waals surface area contributed by atoms with Crippen molar-refractivity contribution < 1.29 is 14.4 Å². The Hall–Kier alpha value is -1.39. The molecule has 0 saturated carbocycles. The van der Waals surface area contributed by atoms with Gasteiger partial charge in [0.15, 0.2) is 0 Å². The summed E-state index contributed by atoms with van der Waals surface area (Å²) in [5.74, 6) is -0.310. The number of nitrogens with zero attached hydrogens (tertiary/aromatic N) is 1.